The average molecular weight is 235 g/mol. The summed E-state index contributed by atoms with van der Waals surface area (Å²) in [7, 11) is 0. The number of oxime groups is 1. The second-order valence-corrected chi connectivity index (χ2v) is 2.96. The van der Waals surface area contributed by atoms with Gasteiger partial charge in [0.2, 0.25) is 0 Å². The maximum Gasteiger partial charge on any atom is 0.176 e. The van der Waals surface area contributed by atoms with Crippen molar-refractivity contribution in [2.75, 3.05) is 0 Å². The third-order valence-corrected chi connectivity index (χ3v) is 1.99. The molecule has 0 fully saturated rings. The minimum Gasteiger partial charge on any atom is -0.410 e. The monoisotopic (exact) mass is 234 g/mol. The van der Waals surface area contributed by atoms with Gasteiger partial charge >= 0.3 is 0 Å². The first kappa shape index (κ1) is 8.49. The van der Waals surface area contributed by atoms with Crippen molar-refractivity contribution in [3.63, 3.8) is 0 Å². The first-order valence-corrected chi connectivity index (χ1v) is 3.90. The zero-order valence-corrected chi connectivity index (χ0v) is 7.67. The van der Waals surface area contributed by atoms with E-state index in [1.54, 1.807) is 18.5 Å². The molecule has 1 aromatic rings. The third kappa shape index (κ3) is 1.91. The van der Waals surface area contributed by atoms with Gasteiger partial charge in [-0.3, -0.25) is 4.98 Å². The molecule has 0 aliphatic rings. The number of pyridine rings is 1. The predicted molar refractivity (Wildman–Crippen MR) is 46.1 cm³/mol. The van der Waals surface area contributed by atoms with Gasteiger partial charge in [-0.05, 0) is 22.0 Å². The van der Waals surface area contributed by atoms with Crippen LogP contribution in [0.3, 0.4) is 0 Å². The average Bonchev–Trinajstić information content (AvgIpc) is 2.04. The van der Waals surface area contributed by atoms with Crippen molar-refractivity contribution >= 4 is 32.7 Å². The van der Waals surface area contributed by atoms with Crippen LogP contribution in [-0.4, -0.2) is 15.4 Å². The van der Waals surface area contributed by atoms with Crippen LogP contribution in [0, 0.1) is 0 Å². The fraction of sp³-hybridized carbons (Fsp3) is 0. The molecule has 0 spiro atoms. The summed E-state index contributed by atoms with van der Waals surface area (Å²) in [6, 6.07) is 1.64. The molecule has 5 heteroatoms. The van der Waals surface area contributed by atoms with E-state index in [2.05, 4.69) is 26.1 Å². The molecule has 0 aromatic carbocycles. The van der Waals surface area contributed by atoms with Crippen LogP contribution in [0.1, 0.15) is 5.56 Å². The Morgan fingerprint density at radius 1 is 1.73 bits per heavy atom. The van der Waals surface area contributed by atoms with Crippen molar-refractivity contribution in [1.29, 1.82) is 0 Å². The van der Waals surface area contributed by atoms with Crippen LogP contribution in [0.4, 0.5) is 0 Å². The second-order valence-electron chi connectivity index (χ2n) is 1.75. The highest BCUT2D eigenvalue weighted by atomic mass is 79.9. The maximum absolute atomic E-state index is 8.33. The van der Waals surface area contributed by atoms with Gasteiger partial charge in [0.15, 0.2) is 5.17 Å². The summed E-state index contributed by atoms with van der Waals surface area (Å²) in [6.07, 6.45) is 3.14. The maximum atomic E-state index is 8.33. The molecule has 0 bridgehead atoms. The van der Waals surface area contributed by atoms with Crippen molar-refractivity contribution in [2.24, 2.45) is 5.16 Å². The van der Waals surface area contributed by atoms with Gasteiger partial charge in [0.25, 0.3) is 0 Å². The van der Waals surface area contributed by atoms with Gasteiger partial charge in [0, 0.05) is 22.4 Å². The van der Waals surface area contributed by atoms with E-state index in [0.717, 1.165) is 0 Å². The summed E-state index contributed by atoms with van der Waals surface area (Å²) in [5.41, 5.74) is 0.615. The van der Waals surface area contributed by atoms with Crippen LogP contribution in [-0.2, 0) is 0 Å². The Bertz CT molecular complexity index is 290. The largest absolute Gasteiger partial charge is 0.410 e. The summed E-state index contributed by atoms with van der Waals surface area (Å²) in [4.78, 5) is 3.82. The van der Waals surface area contributed by atoms with Crippen molar-refractivity contribution in [1.82, 2.24) is 4.98 Å². The van der Waals surface area contributed by atoms with Gasteiger partial charge < -0.3 is 5.21 Å². The Labute approximate surface area is 76.8 Å². The van der Waals surface area contributed by atoms with Gasteiger partial charge in [0.05, 0.1) is 0 Å². The molecule has 0 atom stereocenters. The van der Waals surface area contributed by atoms with Crippen molar-refractivity contribution in [3.8, 4) is 0 Å². The molecule has 0 radical (unpaired) electrons. The van der Waals surface area contributed by atoms with Gasteiger partial charge in [-0.1, -0.05) is 16.8 Å². The van der Waals surface area contributed by atoms with E-state index in [-0.39, 0.29) is 5.17 Å². The Hall–Kier alpha value is -0.610. The number of hydrogen-bond donors (Lipinski definition) is 1. The predicted octanol–water partition coefficient (Wildman–Crippen LogP) is 2.22. The standard InChI is InChI=1S/C6H4BrClN2O/c7-5-3-9-2-1-4(5)6(8)10-11/h1-3,11H. The SMILES string of the molecule is ON=C(Cl)c1ccncc1Br. The first-order valence-electron chi connectivity index (χ1n) is 2.73. The van der Waals surface area contributed by atoms with E-state index in [1.807, 2.05) is 0 Å². The van der Waals surface area contributed by atoms with Gasteiger partial charge in [0.1, 0.15) is 0 Å². The first-order chi connectivity index (χ1) is 5.25. The third-order valence-electron chi connectivity index (χ3n) is 1.08. The number of aromatic nitrogens is 1. The van der Waals surface area contributed by atoms with E-state index in [4.69, 9.17) is 16.8 Å². The molecule has 0 saturated heterocycles. The summed E-state index contributed by atoms with van der Waals surface area (Å²) in [5, 5.41) is 11.2. The molecule has 1 heterocycles. The number of rotatable bonds is 1. The quantitative estimate of drug-likeness (QED) is 0.461. The van der Waals surface area contributed by atoms with Gasteiger partial charge in [-0.25, -0.2) is 0 Å². The topological polar surface area (TPSA) is 45.5 Å². The molecule has 0 amide bonds. The minimum absolute atomic E-state index is 0.0410. The highest BCUT2D eigenvalue weighted by Gasteiger charge is 2.03. The van der Waals surface area contributed by atoms with Crippen LogP contribution in [0.25, 0.3) is 0 Å². The van der Waals surface area contributed by atoms with Crippen LogP contribution in [0.15, 0.2) is 28.1 Å². The van der Waals surface area contributed by atoms with Crippen LogP contribution in [0.2, 0.25) is 0 Å². The van der Waals surface area contributed by atoms with E-state index in [1.165, 1.54) is 0 Å². The molecule has 0 aliphatic heterocycles. The Balaban J connectivity index is 3.14. The number of nitrogens with zero attached hydrogens (tertiary/aromatic N) is 2. The molecular formula is C6H4BrClN2O. The molecule has 1 N–H and O–H groups in total. The van der Waals surface area contributed by atoms with Gasteiger partial charge in [-0.2, -0.15) is 0 Å². The van der Waals surface area contributed by atoms with E-state index >= 15 is 0 Å². The lowest BCUT2D eigenvalue weighted by molar-refractivity contribution is 0.321. The summed E-state index contributed by atoms with van der Waals surface area (Å²) >= 11 is 8.74. The Morgan fingerprint density at radius 3 is 3.00 bits per heavy atom. The number of hydrogen-bond acceptors (Lipinski definition) is 3. The van der Waals surface area contributed by atoms with Crippen molar-refractivity contribution < 1.29 is 5.21 Å². The highest BCUT2D eigenvalue weighted by Crippen LogP contribution is 2.16. The zero-order valence-electron chi connectivity index (χ0n) is 5.33. The smallest absolute Gasteiger partial charge is 0.176 e. The van der Waals surface area contributed by atoms with Crippen LogP contribution < -0.4 is 0 Å². The Morgan fingerprint density at radius 2 is 2.45 bits per heavy atom. The van der Waals surface area contributed by atoms with Crippen LogP contribution in [0.5, 0.6) is 0 Å². The van der Waals surface area contributed by atoms with Crippen LogP contribution >= 0.6 is 27.5 Å². The fourth-order valence-corrected chi connectivity index (χ4v) is 1.31. The normalized spacial score (nSPS) is 11.6. The molecular weight excluding hydrogens is 231 g/mol. The van der Waals surface area contributed by atoms with Crippen molar-refractivity contribution in [2.45, 2.75) is 0 Å². The van der Waals surface area contributed by atoms with E-state index in [9.17, 15) is 0 Å². The lowest BCUT2D eigenvalue weighted by Crippen LogP contribution is -1.92. The lowest BCUT2D eigenvalue weighted by atomic mass is 10.3. The van der Waals surface area contributed by atoms with E-state index < -0.39 is 0 Å². The fourth-order valence-electron chi connectivity index (χ4n) is 0.596. The molecule has 0 saturated carbocycles. The molecule has 0 aliphatic carbocycles. The molecule has 58 valence electrons. The minimum atomic E-state index is 0.0410. The molecule has 1 aromatic heterocycles. The number of halogens is 2. The van der Waals surface area contributed by atoms with Crippen molar-refractivity contribution in [3.05, 3.63) is 28.5 Å². The highest BCUT2D eigenvalue weighted by molar-refractivity contribution is 9.10. The second kappa shape index (κ2) is 3.69. The summed E-state index contributed by atoms with van der Waals surface area (Å²) in [6.45, 7) is 0. The summed E-state index contributed by atoms with van der Waals surface area (Å²) in [5.74, 6) is 0. The van der Waals surface area contributed by atoms with E-state index in [0.29, 0.717) is 10.0 Å². The summed E-state index contributed by atoms with van der Waals surface area (Å²) < 4.78 is 0.697. The molecule has 3 nitrogen and oxygen atoms in total. The lowest BCUT2D eigenvalue weighted by Gasteiger charge is -1.97. The van der Waals surface area contributed by atoms with Gasteiger partial charge in [-0.15, -0.1) is 0 Å². The molecule has 1 rings (SSSR count). The Kier molecular flexibility index (Phi) is 2.84. The zero-order chi connectivity index (χ0) is 8.27. The molecule has 0 unspecified atom stereocenters. The molecule has 11 heavy (non-hydrogen) atoms.